The van der Waals surface area contributed by atoms with Crippen LogP contribution in [0, 0.1) is 0 Å². The fraction of sp³-hybridized carbons (Fsp3) is 0.176. The third-order valence-corrected chi connectivity index (χ3v) is 3.75. The Morgan fingerprint density at radius 3 is 2.67 bits per heavy atom. The number of methoxy groups -OCH3 is 1. The van der Waals surface area contributed by atoms with Gasteiger partial charge >= 0.3 is 0 Å². The number of para-hydroxylation sites is 1. The van der Waals surface area contributed by atoms with E-state index in [2.05, 4.69) is 15.3 Å². The number of ether oxygens (including phenoxy) is 1. The van der Waals surface area contributed by atoms with Crippen LogP contribution < -0.4 is 9.75 Å². The molecule has 3 rings (SSSR count). The highest BCUT2D eigenvalue weighted by Crippen LogP contribution is 2.31. The Morgan fingerprint density at radius 1 is 1.21 bits per heavy atom. The SMILES string of the molecule is COc1ccc(Cl)cc1N=N[C@@H]1C(=O)N(c2ccccc2)N=C1C. The number of azo groups is 1. The van der Waals surface area contributed by atoms with Gasteiger partial charge in [0, 0.05) is 5.02 Å². The number of nitrogens with zero attached hydrogens (tertiary/aromatic N) is 4. The Bertz CT molecular complexity index is 821. The van der Waals surface area contributed by atoms with Gasteiger partial charge in [-0.25, -0.2) is 0 Å². The number of benzene rings is 2. The van der Waals surface area contributed by atoms with Crippen LogP contribution in [0.4, 0.5) is 11.4 Å². The highest BCUT2D eigenvalue weighted by molar-refractivity contribution is 6.30. The van der Waals surface area contributed by atoms with Gasteiger partial charge in [-0.05, 0) is 37.3 Å². The summed E-state index contributed by atoms with van der Waals surface area (Å²) in [6.45, 7) is 1.75. The Kier molecular flexibility index (Phi) is 4.57. The monoisotopic (exact) mass is 342 g/mol. The molecule has 122 valence electrons. The van der Waals surface area contributed by atoms with Crippen molar-refractivity contribution in [2.75, 3.05) is 12.1 Å². The molecule has 0 unspecified atom stereocenters. The standard InChI is InChI=1S/C17H15ClN4O2/c1-11-16(17(23)22(21-11)13-6-4-3-5-7-13)20-19-14-10-12(18)8-9-15(14)24-2/h3-10,16H,1-2H3/t16-/m0/s1. The highest BCUT2D eigenvalue weighted by Gasteiger charge is 2.34. The largest absolute Gasteiger partial charge is 0.494 e. The van der Waals surface area contributed by atoms with Crippen molar-refractivity contribution in [3.63, 3.8) is 0 Å². The van der Waals surface area contributed by atoms with E-state index in [1.165, 1.54) is 12.1 Å². The summed E-state index contributed by atoms with van der Waals surface area (Å²) in [5.74, 6) is 0.284. The molecule has 1 atom stereocenters. The summed E-state index contributed by atoms with van der Waals surface area (Å²) in [5.41, 5.74) is 1.73. The molecule has 0 radical (unpaired) electrons. The van der Waals surface area contributed by atoms with Crippen molar-refractivity contribution in [2.24, 2.45) is 15.3 Å². The van der Waals surface area contributed by atoms with Crippen LogP contribution in [0.2, 0.25) is 5.02 Å². The predicted molar refractivity (Wildman–Crippen MR) is 93.3 cm³/mol. The lowest BCUT2D eigenvalue weighted by atomic mass is 10.2. The molecule has 6 nitrogen and oxygen atoms in total. The zero-order chi connectivity index (χ0) is 17.1. The maximum absolute atomic E-state index is 12.6. The number of anilines is 1. The number of halogens is 1. The fourth-order valence-electron chi connectivity index (χ4n) is 2.30. The molecule has 0 spiro atoms. The van der Waals surface area contributed by atoms with E-state index in [4.69, 9.17) is 16.3 Å². The molecule has 1 aliphatic heterocycles. The minimum atomic E-state index is -0.756. The summed E-state index contributed by atoms with van der Waals surface area (Å²) in [5, 5.41) is 14.4. The Hall–Kier alpha value is -2.73. The van der Waals surface area contributed by atoms with Crippen LogP contribution in [-0.2, 0) is 4.79 Å². The molecule has 0 saturated carbocycles. The second-order valence-electron chi connectivity index (χ2n) is 5.16. The first kappa shape index (κ1) is 16.1. The average molecular weight is 343 g/mol. The molecule has 2 aromatic carbocycles. The minimum absolute atomic E-state index is 0.247. The molecule has 0 fully saturated rings. The van der Waals surface area contributed by atoms with Crippen LogP contribution in [0.3, 0.4) is 0 Å². The van der Waals surface area contributed by atoms with E-state index in [9.17, 15) is 4.79 Å². The maximum Gasteiger partial charge on any atom is 0.280 e. The van der Waals surface area contributed by atoms with Gasteiger partial charge in [0.1, 0.15) is 11.4 Å². The zero-order valence-corrected chi connectivity index (χ0v) is 13.9. The van der Waals surface area contributed by atoms with Gasteiger partial charge in [0.25, 0.3) is 5.91 Å². The lowest BCUT2D eigenvalue weighted by Crippen LogP contribution is -2.29. The summed E-state index contributed by atoms with van der Waals surface area (Å²) < 4.78 is 5.22. The average Bonchev–Trinajstić information content (AvgIpc) is 2.88. The first-order valence-electron chi connectivity index (χ1n) is 7.28. The topological polar surface area (TPSA) is 66.6 Å². The van der Waals surface area contributed by atoms with Gasteiger partial charge < -0.3 is 4.74 Å². The van der Waals surface area contributed by atoms with Gasteiger partial charge in [-0.3, -0.25) is 4.79 Å². The molecule has 0 aromatic heterocycles. The second kappa shape index (κ2) is 6.80. The number of carbonyl (C=O) groups is 1. The molecule has 1 amide bonds. The first-order chi connectivity index (χ1) is 11.6. The van der Waals surface area contributed by atoms with Crippen LogP contribution in [-0.4, -0.2) is 24.8 Å². The molecule has 0 bridgehead atoms. The van der Waals surface area contributed by atoms with E-state index in [1.54, 1.807) is 25.1 Å². The van der Waals surface area contributed by atoms with Crippen LogP contribution in [0.25, 0.3) is 0 Å². The van der Waals surface area contributed by atoms with Crippen molar-refractivity contribution in [3.05, 3.63) is 53.6 Å². The number of hydrogen-bond donors (Lipinski definition) is 0. The highest BCUT2D eigenvalue weighted by atomic mass is 35.5. The third kappa shape index (κ3) is 3.14. The number of rotatable bonds is 4. The smallest absolute Gasteiger partial charge is 0.280 e. The summed E-state index contributed by atoms with van der Waals surface area (Å²) in [7, 11) is 1.53. The molecule has 1 aliphatic rings. The number of hydrazone groups is 1. The normalized spacial score (nSPS) is 17.5. The minimum Gasteiger partial charge on any atom is -0.494 e. The molecule has 7 heteroatoms. The number of carbonyl (C=O) groups excluding carboxylic acids is 1. The molecule has 1 heterocycles. The van der Waals surface area contributed by atoms with Crippen molar-refractivity contribution < 1.29 is 9.53 Å². The molecule has 0 aliphatic carbocycles. The molecular weight excluding hydrogens is 328 g/mol. The Labute approximate surface area is 144 Å². The van der Waals surface area contributed by atoms with Gasteiger partial charge in [0.15, 0.2) is 6.04 Å². The first-order valence-corrected chi connectivity index (χ1v) is 7.66. The summed E-state index contributed by atoms with van der Waals surface area (Å²) in [6.07, 6.45) is 0. The van der Waals surface area contributed by atoms with E-state index in [0.717, 1.165) is 0 Å². The quantitative estimate of drug-likeness (QED) is 0.780. The van der Waals surface area contributed by atoms with Crippen LogP contribution in [0.15, 0.2) is 63.9 Å². The lowest BCUT2D eigenvalue weighted by Gasteiger charge is -2.12. The molecular formula is C17H15ClN4O2. The van der Waals surface area contributed by atoms with Crippen LogP contribution in [0.1, 0.15) is 6.92 Å². The van der Waals surface area contributed by atoms with Gasteiger partial charge in [0.05, 0.1) is 18.5 Å². The molecule has 2 aromatic rings. The number of amides is 1. The van der Waals surface area contributed by atoms with Crippen molar-refractivity contribution in [2.45, 2.75) is 13.0 Å². The Balaban J connectivity index is 1.85. The summed E-state index contributed by atoms with van der Waals surface area (Å²) in [4.78, 5) is 12.6. The molecule has 0 saturated heterocycles. The van der Waals surface area contributed by atoms with E-state index in [-0.39, 0.29) is 5.91 Å². The zero-order valence-electron chi connectivity index (χ0n) is 13.2. The van der Waals surface area contributed by atoms with Crippen molar-refractivity contribution in [3.8, 4) is 5.75 Å². The molecule has 24 heavy (non-hydrogen) atoms. The van der Waals surface area contributed by atoms with Crippen molar-refractivity contribution in [1.29, 1.82) is 0 Å². The lowest BCUT2D eigenvalue weighted by molar-refractivity contribution is -0.117. The van der Waals surface area contributed by atoms with Crippen molar-refractivity contribution in [1.82, 2.24) is 0 Å². The summed E-state index contributed by atoms with van der Waals surface area (Å²) in [6, 6.07) is 13.5. The predicted octanol–water partition coefficient (Wildman–Crippen LogP) is 4.22. The molecule has 0 N–H and O–H groups in total. The van der Waals surface area contributed by atoms with Crippen LogP contribution >= 0.6 is 11.6 Å². The van der Waals surface area contributed by atoms with Crippen molar-refractivity contribution >= 4 is 34.6 Å². The van der Waals surface area contributed by atoms with Crippen LogP contribution in [0.5, 0.6) is 5.75 Å². The van der Waals surface area contributed by atoms with Gasteiger partial charge in [-0.15, -0.1) is 0 Å². The van der Waals surface area contributed by atoms with Gasteiger partial charge in [-0.2, -0.15) is 20.3 Å². The summed E-state index contributed by atoms with van der Waals surface area (Å²) >= 11 is 5.97. The Morgan fingerprint density at radius 2 is 1.96 bits per heavy atom. The second-order valence-corrected chi connectivity index (χ2v) is 5.60. The van der Waals surface area contributed by atoms with E-state index < -0.39 is 6.04 Å². The fourth-order valence-corrected chi connectivity index (χ4v) is 2.47. The van der Waals surface area contributed by atoms with Gasteiger partial charge in [-0.1, -0.05) is 29.8 Å². The van der Waals surface area contributed by atoms with E-state index in [1.807, 2.05) is 30.3 Å². The van der Waals surface area contributed by atoms with E-state index in [0.29, 0.717) is 27.9 Å². The van der Waals surface area contributed by atoms with E-state index >= 15 is 0 Å². The number of hydrogen-bond acceptors (Lipinski definition) is 5. The van der Waals surface area contributed by atoms with Gasteiger partial charge in [0.2, 0.25) is 0 Å². The maximum atomic E-state index is 12.6. The third-order valence-electron chi connectivity index (χ3n) is 3.52.